The van der Waals surface area contributed by atoms with E-state index in [1.165, 1.54) is 4.90 Å². The molecule has 0 saturated heterocycles. The fourth-order valence-electron chi connectivity index (χ4n) is 0.570. The van der Waals surface area contributed by atoms with Crippen molar-refractivity contribution in [3.63, 3.8) is 0 Å². The largest absolute Gasteiger partial charge is 0.368 e. The summed E-state index contributed by atoms with van der Waals surface area (Å²) in [5.74, 6) is -0.0272. The smallest absolute Gasteiger partial charge is 0.293 e. The van der Waals surface area contributed by atoms with Crippen molar-refractivity contribution < 1.29 is 4.79 Å². The normalized spacial score (nSPS) is 8.83. The summed E-state index contributed by atoms with van der Waals surface area (Å²) < 4.78 is 0. The molecule has 0 aromatic carbocycles. The average molecular weight is 192 g/mol. The monoisotopic (exact) mass is 191 g/mol. The van der Waals surface area contributed by atoms with Crippen molar-refractivity contribution in [3.8, 4) is 0 Å². The first-order valence-corrected chi connectivity index (χ1v) is 3.01. The summed E-state index contributed by atoms with van der Waals surface area (Å²) in [5, 5.41) is 5.96. The molecule has 1 heterocycles. The predicted octanol–water partition coefficient (Wildman–Crippen LogP) is -0.490. The molecule has 6 nitrogen and oxygen atoms in total. The number of amides is 1. The maximum atomic E-state index is 11.1. The number of carbonyl (C=O) groups is 1. The summed E-state index contributed by atoms with van der Waals surface area (Å²) in [7, 11) is 3.24. The Bertz CT molecular complexity index is 271. The van der Waals surface area contributed by atoms with Crippen molar-refractivity contribution in [2.75, 3.05) is 19.8 Å². The molecule has 7 heteroatoms. The SMILES string of the molecule is CN(C)C(=O)c1n[nH]c(N)n1.Cl. The third-order valence-corrected chi connectivity index (χ3v) is 1.10. The number of nitrogens with two attached hydrogens (primary N) is 1. The summed E-state index contributed by atoms with van der Waals surface area (Å²) in [5.41, 5.74) is 5.22. The van der Waals surface area contributed by atoms with Crippen molar-refractivity contribution in [1.29, 1.82) is 0 Å². The second-order valence-electron chi connectivity index (χ2n) is 2.24. The van der Waals surface area contributed by atoms with Crippen molar-refractivity contribution in [2.24, 2.45) is 0 Å². The molecule has 1 aromatic rings. The van der Waals surface area contributed by atoms with E-state index in [9.17, 15) is 4.79 Å². The number of hydrogen-bond acceptors (Lipinski definition) is 4. The Labute approximate surface area is 75.6 Å². The molecular formula is C5H10ClN5O. The van der Waals surface area contributed by atoms with E-state index in [-0.39, 0.29) is 30.1 Å². The molecule has 1 aromatic heterocycles. The Balaban J connectivity index is 0.00000121. The van der Waals surface area contributed by atoms with Crippen LogP contribution in [0.25, 0.3) is 0 Å². The van der Waals surface area contributed by atoms with E-state index in [4.69, 9.17) is 5.73 Å². The van der Waals surface area contributed by atoms with Crippen molar-refractivity contribution in [2.45, 2.75) is 0 Å². The topological polar surface area (TPSA) is 87.9 Å². The highest BCUT2D eigenvalue weighted by molar-refractivity contribution is 5.90. The molecule has 12 heavy (non-hydrogen) atoms. The van der Waals surface area contributed by atoms with Gasteiger partial charge in [-0.15, -0.1) is 17.5 Å². The van der Waals surface area contributed by atoms with Crippen LogP contribution in [0.15, 0.2) is 0 Å². The molecule has 0 fully saturated rings. The lowest BCUT2D eigenvalue weighted by Gasteiger charge is -2.04. The molecule has 0 bridgehead atoms. The van der Waals surface area contributed by atoms with Gasteiger partial charge in [0.2, 0.25) is 11.8 Å². The first-order valence-electron chi connectivity index (χ1n) is 3.01. The Morgan fingerprint density at radius 2 is 2.17 bits per heavy atom. The van der Waals surface area contributed by atoms with Crippen LogP contribution in [0.4, 0.5) is 5.95 Å². The minimum atomic E-state index is -0.266. The van der Waals surface area contributed by atoms with Crippen LogP contribution >= 0.6 is 12.4 Å². The Kier molecular flexibility index (Phi) is 3.49. The Morgan fingerprint density at radius 3 is 2.50 bits per heavy atom. The fourth-order valence-corrected chi connectivity index (χ4v) is 0.570. The van der Waals surface area contributed by atoms with Crippen LogP contribution in [-0.4, -0.2) is 40.1 Å². The highest BCUT2D eigenvalue weighted by atomic mass is 35.5. The molecule has 0 atom stereocenters. The van der Waals surface area contributed by atoms with Gasteiger partial charge in [0, 0.05) is 14.1 Å². The number of hydrogen-bond donors (Lipinski definition) is 2. The summed E-state index contributed by atoms with van der Waals surface area (Å²) >= 11 is 0. The minimum absolute atomic E-state index is 0. The molecule has 1 rings (SSSR count). The van der Waals surface area contributed by atoms with Gasteiger partial charge in [-0.3, -0.25) is 4.79 Å². The van der Waals surface area contributed by atoms with Gasteiger partial charge in [-0.05, 0) is 0 Å². The van der Waals surface area contributed by atoms with Crippen LogP contribution in [0.2, 0.25) is 0 Å². The van der Waals surface area contributed by atoms with E-state index >= 15 is 0 Å². The Morgan fingerprint density at radius 1 is 1.58 bits per heavy atom. The molecule has 0 aliphatic heterocycles. The van der Waals surface area contributed by atoms with Gasteiger partial charge in [-0.25, -0.2) is 5.10 Å². The van der Waals surface area contributed by atoms with Gasteiger partial charge in [0.1, 0.15) is 0 Å². The highest BCUT2D eigenvalue weighted by Crippen LogP contribution is 1.95. The van der Waals surface area contributed by atoms with E-state index in [2.05, 4.69) is 15.2 Å². The van der Waals surface area contributed by atoms with Crippen LogP contribution in [0.3, 0.4) is 0 Å². The van der Waals surface area contributed by atoms with Gasteiger partial charge in [-0.1, -0.05) is 0 Å². The predicted molar refractivity (Wildman–Crippen MR) is 46.1 cm³/mol. The van der Waals surface area contributed by atoms with Gasteiger partial charge >= 0.3 is 0 Å². The minimum Gasteiger partial charge on any atom is -0.368 e. The Hall–Kier alpha value is -1.30. The maximum absolute atomic E-state index is 11.1. The zero-order valence-electron chi connectivity index (χ0n) is 6.74. The highest BCUT2D eigenvalue weighted by Gasteiger charge is 2.12. The second-order valence-corrected chi connectivity index (χ2v) is 2.24. The van der Waals surface area contributed by atoms with Crippen LogP contribution < -0.4 is 5.73 Å². The van der Waals surface area contributed by atoms with E-state index in [1.54, 1.807) is 14.1 Å². The van der Waals surface area contributed by atoms with Gasteiger partial charge in [0.05, 0.1) is 0 Å². The first kappa shape index (κ1) is 10.7. The maximum Gasteiger partial charge on any atom is 0.293 e. The third-order valence-electron chi connectivity index (χ3n) is 1.10. The molecule has 68 valence electrons. The number of nitrogens with zero attached hydrogens (tertiary/aromatic N) is 3. The van der Waals surface area contributed by atoms with Gasteiger partial charge in [-0.2, -0.15) is 4.98 Å². The number of rotatable bonds is 1. The molecule has 0 radical (unpaired) electrons. The number of aromatic amines is 1. The third kappa shape index (κ3) is 2.09. The second kappa shape index (κ2) is 3.91. The van der Waals surface area contributed by atoms with Crippen molar-refractivity contribution in [3.05, 3.63) is 5.82 Å². The van der Waals surface area contributed by atoms with E-state index < -0.39 is 0 Å². The molecule has 0 aliphatic carbocycles. The molecule has 0 unspecified atom stereocenters. The van der Waals surface area contributed by atoms with Crippen molar-refractivity contribution in [1.82, 2.24) is 20.1 Å². The molecule has 1 amide bonds. The molecular weight excluding hydrogens is 182 g/mol. The van der Waals surface area contributed by atoms with E-state index in [0.717, 1.165) is 0 Å². The number of carbonyl (C=O) groups excluding carboxylic acids is 1. The summed E-state index contributed by atoms with van der Waals surface area (Å²) in [6, 6.07) is 0. The van der Waals surface area contributed by atoms with Crippen LogP contribution in [0.1, 0.15) is 10.6 Å². The van der Waals surface area contributed by atoms with Crippen molar-refractivity contribution >= 4 is 24.3 Å². The summed E-state index contributed by atoms with van der Waals surface area (Å²) in [6.07, 6.45) is 0. The molecule has 0 aliphatic rings. The number of nitrogens with one attached hydrogen (secondary N) is 1. The lowest BCUT2D eigenvalue weighted by molar-refractivity contribution is 0.0816. The zero-order chi connectivity index (χ0) is 8.43. The lowest BCUT2D eigenvalue weighted by atomic mass is 10.5. The number of anilines is 1. The standard InChI is InChI=1S/C5H9N5O.ClH/c1-10(2)4(11)3-7-5(6)9-8-3;/h1-2H3,(H3,6,7,8,9);1H. The van der Waals surface area contributed by atoms with Gasteiger partial charge in [0.15, 0.2) is 0 Å². The van der Waals surface area contributed by atoms with Crippen LogP contribution in [0.5, 0.6) is 0 Å². The number of aromatic nitrogens is 3. The molecule has 3 N–H and O–H groups in total. The number of H-pyrrole nitrogens is 1. The van der Waals surface area contributed by atoms with Crippen LogP contribution in [0, 0.1) is 0 Å². The molecule has 0 saturated carbocycles. The van der Waals surface area contributed by atoms with Crippen LogP contribution in [-0.2, 0) is 0 Å². The fraction of sp³-hybridized carbons (Fsp3) is 0.400. The number of halogens is 1. The first-order chi connectivity index (χ1) is 5.11. The summed E-state index contributed by atoms with van der Waals surface area (Å²) in [6.45, 7) is 0. The molecule has 0 spiro atoms. The van der Waals surface area contributed by atoms with E-state index in [0.29, 0.717) is 0 Å². The zero-order valence-corrected chi connectivity index (χ0v) is 7.55. The van der Waals surface area contributed by atoms with E-state index in [1.807, 2.05) is 0 Å². The number of nitrogen functional groups attached to an aromatic ring is 1. The van der Waals surface area contributed by atoms with Gasteiger partial charge < -0.3 is 10.6 Å². The lowest BCUT2D eigenvalue weighted by Crippen LogP contribution is -2.22. The van der Waals surface area contributed by atoms with Gasteiger partial charge in [0.25, 0.3) is 5.91 Å². The quantitative estimate of drug-likeness (QED) is 0.627. The summed E-state index contributed by atoms with van der Waals surface area (Å²) in [4.78, 5) is 16.1. The average Bonchev–Trinajstić information content (AvgIpc) is 2.34.